The first-order chi connectivity index (χ1) is 14.3. The van der Waals surface area contributed by atoms with Crippen molar-refractivity contribution in [2.24, 2.45) is 16.8 Å². The van der Waals surface area contributed by atoms with Crippen molar-refractivity contribution >= 4 is 29.9 Å². The van der Waals surface area contributed by atoms with E-state index in [1.54, 1.807) is 0 Å². The van der Waals surface area contributed by atoms with Gasteiger partial charge in [0.1, 0.15) is 0 Å². The number of piperidine rings is 1. The standard InChI is InChI=1S/C24H40N4O.HI/c1-3-25-24(26-14-10-21-11-15-27(4-2)16-12-21)28-17-13-23(18-28)20-29-19-22-8-6-5-7-9-22;/h5-9,21,23H,3-4,10-20H2,1-2H3,(H,25,26);1H. The molecule has 2 saturated heterocycles. The molecule has 1 N–H and O–H groups in total. The second-order valence-corrected chi connectivity index (χ2v) is 8.50. The summed E-state index contributed by atoms with van der Waals surface area (Å²) in [7, 11) is 0. The highest BCUT2D eigenvalue weighted by Gasteiger charge is 2.25. The van der Waals surface area contributed by atoms with Crippen molar-refractivity contribution in [1.82, 2.24) is 15.1 Å². The van der Waals surface area contributed by atoms with Crippen LogP contribution in [-0.2, 0) is 11.3 Å². The van der Waals surface area contributed by atoms with Crippen LogP contribution in [0.5, 0.6) is 0 Å². The summed E-state index contributed by atoms with van der Waals surface area (Å²) in [6.07, 6.45) is 5.09. The maximum absolute atomic E-state index is 5.98. The minimum absolute atomic E-state index is 0. The molecule has 0 aromatic heterocycles. The van der Waals surface area contributed by atoms with Crippen LogP contribution in [0, 0.1) is 11.8 Å². The maximum Gasteiger partial charge on any atom is 0.193 e. The summed E-state index contributed by atoms with van der Waals surface area (Å²) in [5.74, 6) is 2.55. The smallest absolute Gasteiger partial charge is 0.193 e. The lowest BCUT2D eigenvalue weighted by molar-refractivity contribution is 0.0906. The van der Waals surface area contributed by atoms with E-state index in [4.69, 9.17) is 9.73 Å². The van der Waals surface area contributed by atoms with E-state index < -0.39 is 0 Å². The van der Waals surface area contributed by atoms with E-state index >= 15 is 0 Å². The second-order valence-electron chi connectivity index (χ2n) is 8.50. The Balaban J connectivity index is 0.00000320. The molecule has 2 aliphatic heterocycles. The van der Waals surface area contributed by atoms with E-state index in [1.807, 2.05) is 6.07 Å². The summed E-state index contributed by atoms with van der Waals surface area (Å²) >= 11 is 0. The van der Waals surface area contributed by atoms with Crippen LogP contribution in [-0.4, -0.2) is 68.2 Å². The van der Waals surface area contributed by atoms with E-state index in [9.17, 15) is 0 Å². The number of guanidine groups is 1. The SMILES string of the molecule is CCNC(=NCCC1CCN(CC)CC1)N1CCC(COCc2ccccc2)C1.I. The van der Waals surface area contributed by atoms with Crippen LogP contribution in [0.25, 0.3) is 0 Å². The number of aliphatic imine (C=N–C) groups is 1. The minimum Gasteiger partial charge on any atom is -0.376 e. The molecule has 2 fully saturated rings. The molecule has 1 atom stereocenters. The number of rotatable bonds is 9. The first-order valence-corrected chi connectivity index (χ1v) is 11.7. The summed E-state index contributed by atoms with van der Waals surface area (Å²) in [5, 5.41) is 3.51. The summed E-state index contributed by atoms with van der Waals surface area (Å²) in [4.78, 5) is 9.96. The van der Waals surface area contributed by atoms with Gasteiger partial charge < -0.3 is 19.9 Å². The largest absolute Gasteiger partial charge is 0.376 e. The predicted octanol–water partition coefficient (Wildman–Crippen LogP) is 4.23. The number of hydrogen-bond acceptors (Lipinski definition) is 3. The highest BCUT2D eigenvalue weighted by Crippen LogP contribution is 2.21. The molecule has 1 unspecified atom stereocenters. The lowest BCUT2D eigenvalue weighted by atomic mass is 9.94. The molecule has 30 heavy (non-hydrogen) atoms. The van der Waals surface area contributed by atoms with Crippen molar-refractivity contribution < 1.29 is 4.74 Å². The molecule has 1 aromatic carbocycles. The number of benzene rings is 1. The molecule has 0 spiro atoms. The Morgan fingerprint density at radius 1 is 1.07 bits per heavy atom. The second kappa shape index (κ2) is 14.2. The molecule has 2 heterocycles. The van der Waals surface area contributed by atoms with Crippen LogP contribution in [0.1, 0.15) is 45.1 Å². The molecular formula is C24H41IN4O. The number of ether oxygens (including phenoxy) is 1. The molecule has 0 bridgehead atoms. The highest BCUT2D eigenvalue weighted by molar-refractivity contribution is 14.0. The van der Waals surface area contributed by atoms with Gasteiger partial charge in [0.2, 0.25) is 0 Å². The lowest BCUT2D eigenvalue weighted by Crippen LogP contribution is -2.40. The van der Waals surface area contributed by atoms with E-state index in [1.165, 1.54) is 50.9 Å². The molecule has 5 nitrogen and oxygen atoms in total. The van der Waals surface area contributed by atoms with Crippen LogP contribution in [0.3, 0.4) is 0 Å². The fourth-order valence-electron chi connectivity index (χ4n) is 4.45. The number of halogens is 1. The zero-order chi connectivity index (χ0) is 20.3. The molecule has 0 amide bonds. The van der Waals surface area contributed by atoms with Gasteiger partial charge in [-0.25, -0.2) is 0 Å². The lowest BCUT2D eigenvalue weighted by Gasteiger charge is -2.30. The fraction of sp³-hybridized carbons (Fsp3) is 0.708. The predicted molar refractivity (Wildman–Crippen MR) is 137 cm³/mol. The van der Waals surface area contributed by atoms with Crippen molar-refractivity contribution in [2.45, 2.75) is 46.1 Å². The quantitative estimate of drug-likeness (QED) is 0.296. The Bertz CT molecular complexity index is 604. The number of nitrogens with one attached hydrogen (secondary N) is 1. The van der Waals surface area contributed by atoms with Crippen LogP contribution in [0.4, 0.5) is 0 Å². The first kappa shape index (κ1) is 25.4. The Morgan fingerprint density at radius 3 is 2.50 bits per heavy atom. The Hall–Kier alpha value is -0.860. The third kappa shape index (κ3) is 8.35. The van der Waals surface area contributed by atoms with Crippen molar-refractivity contribution in [3.63, 3.8) is 0 Å². The molecule has 1 aromatic rings. The Labute approximate surface area is 200 Å². The van der Waals surface area contributed by atoms with Crippen LogP contribution >= 0.6 is 24.0 Å². The highest BCUT2D eigenvalue weighted by atomic mass is 127. The molecular weight excluding hydrogens is 487 g/mol. The third-order valence-corrected chi connectivity index (χ3v) is 6.34. The average molecular weight is 529 g/mol. The van der Waals surface area contributed by atoms with Gasteiger partial charge in [0, 0.05) is 32.1 Å². The van der Waals surface area contributed by atoms with Gasteiger partial charge in [-0.1, -0.05) is 37.3 Å². The normalized spacial score (nSPS) is 20.9. The zero-order valence-electron chi connectivity index (χ0n) is 18.9. The van der Waals surface area contributed by atoms with E-state index in [2.05, 4.69) is 53.2 Å². The van der Waals surface area contributed by atoms with E-state index in [-0.39, 0.29) is 24.0 Å². The molecule has 6 heteroatoms. The van der Waals surface area contributed by atoms with Gasteiger partial charge >= 0.3 is 0 Å². The van der Waals surface area contributed by atoms with E-state index in [0.29, 0.717) is 12.5 Å². The molecule has 2 aliphatic rings. The minimum atomic E-state index is 0. The molecule has 0 aliphatic carbocycles. The number of nitrogens with zero attached hydrogens (tertiary/aromatic N) is 3. The van der Waals surface area contributed by atoms with Gasteiger partial charge in [-0.2, -0.15) is 0 Å². The van der Waals surface area contributed by atoms with Gasteiger partial charge in [0.05, 0.1) is 13.2 Å². The summed E-state index contributed by atoms with van der Waals surface area (Å²) in [6.45, 7) is 13.7. The van der Waals surface area contributed by atoms with Crippen LogP contribution < -0.4 is 5.32 Å². The van der Waals surface area contributed by atoms with Gasteiger partial charge in [-0.05, 0) is 63.7 Å². The third-order valence-electron chi connectivity index (χ3n) is 6.34. The monoisotopic (exact) mass is 528 g/mol. The number of hydrogen-bond donors (Lipinski definition) is 1. The van der Waals surface area contributed by atoms with E-state index in [0.717, 1.165) is 44.7 Å². The fourth-order valence-corrected chi connectivity index (χ4v) is 4.45. The van der Waals surface area contributed by atoms with Crippen LogP contribution in [0.2, 0.25) is 0 Å². The van der Waals surface area contributed by atoms with Gasteiger partial charge in [-0.3, -0.25) is 4.99 Å². The average Bonchev–Trinajstić information content (AvgIpc) is 3.23. The molecule has 0 radical (unpaired) electrons. The van der Waals surface area contributed by atoms with Crippen molar-refractivity contribution in [1.29, 1.82) is 0 Å². The molecule has 0 saturated carbocycles. The maximum atomic E-state index is 5.98. The van der Waals surface area contributed by atoms with Crippen molar-refractivity contribution in [3.8, 4) is 0 Å². The van der Waals surface area contributed by atoms with Crippen LogP contribution in [0.15, 0.2) is 35.3 Å². The molecule has 170 valence electrons. The molecule has 3 rings (SSSR count). The topological polar surface area (TPSA) is 40.1 Å². The Kier molecular flexibility index (Phi) is 12.1. The van der Waals surface area contributed by atoms with Crippen molar-refractivity contribution in [2.75, 3.05) is 52.4 Å². The Morgan fingerprint density at radius 2 is 1.80 bits per heavy atom. The summed E-state index contributed by atoms with van der Waals surface area (Å²) < 4.78 is 5.98. The number of likely N-dealkylation sites (tertiary alicyclic amines) is 2. The summed E-state index contributed by atoms with van der Waals surface area (Å²) in [5.41, 5.74) is 1.25. The first-order valence-electron chi connectivity index (χ1n) is 11.7. The van der Waals surface area contributed by atoms with Gasteiger partial charge in [0.25, 0.3) is 0 Å². The van der Waals surface area contributed by atoms with Gasteiger partial charge in [0.15, 0.2) is 5.96 Å². The zero-order valence-corrected chi connectivity index (χ0v) is 21.2. The van der Waals surface area contributed by atoms with Crippen molar-refractivity contribution in [3.05, 3.63) is 35.9 Å². The van der Waals surface area contributed by atoms with Gasteiger partial charge in [-0.15, -0.1) is 24.0 Å². The summed E-state index contributed by atoms with van der Waals surface area (Å²) in [6, 6.07) is 10.4.